The van der Waals surface area contributed by atoms with Crippen molar-refractivity contribution in [1.29, 1.82) is 0 Å². The van der Waals surface area contributed by atoms with Gasteiger partial charge in [0.15, 0.2) is 5.82 Å². The fraction of sp³-hybridized carbons (Fsp3) is 0.350. The molecule has 12 nitrogen and oxygen atoms in total. The molecule has 1 aromatic carbocycles. The van der Waals surface area contributed by atoms with Crippen LogP contribution in [0.15, 0.2) is 35.6 Å². The topological polar surface area (TPSA) is 155 Å². The van der Waals surface area contributed by atoms with E-state index in [4.69, 9.17) is 10.3 Å². The van der Waals surface area contributed by atoms with E-state index in [-0.39, 0.29) is 5.95 Å². The van der Waals surface area contributed by atoms with Gasteiger partial charge < -0.3 is 14.6 Å². The minimum atomic E-state index is 0.0952. The molecule has 32 heavy (non-hydrogen) atoms. The second-order valence-electron chi connectivity index (χ2n) is 7.14. The Morgan fingerprint density at radius 1 is 1.25 bits per heavy atom. The van der Waals surface area contributed by atoms with Crippen molar-refractivity contribution >= 4 is 22.8 Å². The number of methoxy groups -OCH3 is 1. The average molecular weight is 433 g/mol. The maximum Gasteiger partial charge on any atom is 0.219 e. The lowest BCUT2D eigenvalue weighted by molar-refractivity contribution is 0.409. The molecule has 0 radical (unpaired) electrons. The van der Waals surface area contributed by atoms with Gasteiger partial charge in [0.1, 0.15) is 11.3 Å². The number of rotatable bonds is 10. The molecule has 0 aliphatic rings. The van der Waals surface area contributed by atoms with Crippen molar-refractivity contribution in [3.63, 3.8) is 0 Å². The molecular formula is C20H23N11O. The zero-order valence-electron chi connectivity index (χ0n) is 17.9. The van der Waals surface area contributed by atoms with Crippen molar-refractivity contribution in [3.8, 4) is 17.1 Å². The number of benzene rings is 1. The molecule has 0 saturated heterocycles. The molecule has 3 heterocycles. The van der Waals surface area contributed by atoms with Crippen LogP contribution in [0.1, 0.15) is 31.7 Å². The van der Waals surface area contributed by atoms with Crippen LogP contribution in [0.3, 0.4) is 0 Å². The van der Waals surface area contributed by atoms with Gasteiger partial charge in [-0.25, -0.2) is 9.97 Å². The molecule has 0 bridgehead atoms. The van der Waals surface area contributed by atoms with Gasteiger partial charge in [-0.05, 0) is 34.4 Å². The maximum absolute atomic E-state index is 8.80. The fourth-order valence-electron chi connectivity index (χ4n) is 3.50. The van der Waals surface area contributed by atoms with Crippen LogP contribution in [0.4, 0.5) is 11.8 Å². The second-order valence-corrected chi connectivity index (χ2v) is 7.14. The van der Waals surface area contributed by atoms with E-state index >= 15 is 0 Å². The van der Waals surface area contributed by atoms with Gasteiger partial charge in [-0.2, -0.15) is 5.21 Å². The molecule has 0 amide bonds. The lowest BCUT2D eigenvalue weighted by Gasteiger charge is -2.14. The minimum absolute atomic E-state index is 0.0952. The standard InChI is InChI=1S/C20H23N11O/c1-3-4-5-9-22-19-17-15(23-20(24-19)27-28-21)8-10-31(17)12-14-7-6-13(11-16(14)32-2)18-25-29-30-26-18/h6-8,10-11H,3-5,9,12H2,1-2H3,(H,22,23,24)(H,25,26,29,30). The number of H-pyrrole nitrogens is 1. The molecule has 4 aromatic rings. The molecule has 0 aliphatic heterocycles. The summed E-state index contributed by atoms with van der Waals surface area (Å²) in [6, 6.07) is 7.66. The number of ether oxygens (including phenoxy) is 1. The highest BCUT2D eigenvalue weighted by Crippen LogP contribution is 2.29. The van der Waals surface area contributed by atoms with E-state index in [2.05, 4.69) is 52.9 Å². The summed E-state index contributed by atoms with van der Waals surface area (Å²) < 4.78 is 7.66. The smallest absolute Gasteiger partial charge is 0.219 e. The van der Waals surface area contributed by atoms with E-state index in [1.165, 1.54) is 0 Å². The van der Waals surface area contributed by atoms with Gasteiger partial charge in [-0.3, -0.25) is 0 Å². The normalized spacial score (nSPS) is 10.8. The van der Waals surface area contributed by atoms with Gasteiger partial charge in [0.05, 0.1) is 19.2 Å². The lowest BCUT2D eigenvalue weighted by atomic mass is 10.1. The van der Waals surface area contributed by atoms with Gasteiger partial charge in [0, 0.05) is 28.8 Å². The van der Waals surface area contributed by atoms with Crippen LogP contribution in [0.2, 0.25) is 0 Å². The molecule has 3 aromatic heterocycles. The summed E-state index contributed by atoms with van der Waals surface area (Å²) in [7, 11) is 1.63. The molecule has 2 N–H and O–H groups in total. The van der Waals surface area contributed by atoms with Gasteiger partial charge >= 0.3 is 0 Å². The number of aromatic amines is 1. The van der Waals surface area contributed by atoms with Crippen molar-refractivity contribution in [2.45, 2.75) is 32.7 Å². The van der Waals surface area contributed by atoms with Crippen molar-refractivity contribution in [2.24, 2.45) is 5.11 Å². The zero-order valence-corrected chi connectivity index (χ0v) is 17.9. The first-order valence-electron chi connectivity index (χ1n) is 10.3. The zero-order chi connectivity index (χ0) is 22.3. The van der Waals surface area contributed by atoms with E-state index in [9.17, 15) is 0 Å². The summed E-state index contributed by atoms with van der Waals surface area (Å²) in [5.41, 5.74) is 12.1. The Morgan fingerprint density at radius 2 is 2.16 bits per heavy atom. The van der Waals surface area contributed by atoms with Gasteiger partial charge in [-0.1, -0.05) is 31.9 Å². The van der Waals surface area contributed by atoms with Crippen LogP contribution in [0.5, 0.6) is 5.75 Å². The maximum atomic E-state index is 8.80. The highest BCUT2D eigenvalue weighted by molar-refractivity contribution is 5.87. The quantitative estimate of drug-likeness (QED) is 0.164. The SMILES string of the molecule is CCCCCNc1nc(N=[N+]=[N-])nc2ccn(Cc3ccc(-c4nn[nH]n4)cc3OC)c12. The summed E-state index contributed by atoms with van der Waals surface area (Å²) in [4.78, 5) is 11.6. The molecule has 164 valence electrons. The van der Waals surface area contributed by atoms with Crippen LogP contribution in [0.25, 0.3) is 32.9 Å². The Bertz CT molecular complexity index is 1240. The van der Waals surface area contributed by atoms with Crippen molar-refractivity contribution in [2.75, 3.05) is 19.0 Å². The first kappa shape index (κ1) is 21.1. The van der Waals surface area contributed by atoms with Crippen LogP contribution in [-0.2, 0) is 6.54 Å². The number of nitrogens with one attached hydrogen (secondary N) is 2. The van der Waals surface area contributed by atoms with E-state index in [0.29, 0.717) is 29.5 Å². The first-order valence-corrected chi connectivity index (χ1v) is 10.3. The third-order valence-electron chi connectivity index (χ3n) is 5.04. The van der Waals surface area contributed by atoms with Gasteiger partial charge in [0.25, 0.3) is 0 Å². The summed E-state index contributed by atoms with van der Waals surface area (Å²) >= 11 is 0. The highest BCUT2D eigenvalue weighted by Gasteiger charge is 2.15. The number of fused-ring (bicyclic) bond motifs is 1. The minimum Gasteiger partial charge on any atom is -0.496 e. The number of nitrogens with zero attached hydrogens (tertiary/aromatic N) is 9. The summed E-state index contributed by atoms with van der Waals surface area (Å²) in [5, 5.41) is 21.1. The Morgan fingerprint density at radius 3 is 2.91 bits per heavy atom. The number of aromatic nitrogens is 7. The predicted molar refractivity (Wildman–Crippen MR) is 120 cm³/mol. The molecule has 0 saturated carbocycles. The van der Waals surface area contributed by atoms with Crippen molar-refractivity contribution in [3.05, 3.63) is 46.5 Å². The van der Waals surface area contributed by atoms with Crippen LogP contribution in [-0.4, -0.2) is 48.8 Å². The number of hydrogen-bond donors (Lipinski definition) is 2. The second kappa shape index (κ2) is 9.75. The molecule has 0 unspecified atom stereocenters. The summed E-state index contributed by atoms with van der Waals surface area (Å²) in [5.74, 6) is 1.94. The number of tetrazole rings is 1. The molecule has 0 aliphatic carbocycles. The number of unbranched alkanes of at least 4 members (excludes halogenated alkanes) is 2. The molecule has 12 heteroatoms. The molecule has 0 atom stereocenters. The molecule has 4 rings (SSSR count). The van der Waals surface area contributed by atoms with E-state index in [1.54, 1.807) is 7.11 Å². The van der Waals surface area contributed by atoms with Crippen LogP contribution in [0, 0.1) is 0 Å². The summed E-state index contributed by atoms with van der Waals surface area (Å²) in [6.45, 7) is 3.46. The van der Waals surface area contributed by atoms with Crippen molar-refractivity contribution < 1.29 is 4.74 Å². The van der Waals surface area contributed by atoms with E-state index in [0.717, 1.165) is 42.5 Å². The fourth-order valence-corrected chi connectivity index (χ4v) is 3.50. The largest absolute Gasteiger partial charge is 0.496 e. The molecule has 0 fully saturated rings. The monoisotopic (exact) mass is 433 g/mol. The summed E-state index contributed by atoms with van der Waals surface area (Å²) in [6.07, 6.45) is 5.20. The van der Waals surface area contributed by atoms with E-state index < -0.39 is 0 Å². The molecule has 0 spiro atoms. The highest BCUT2D eigenvalue weighted by atomic mass is 16.5. The third-order valence-corrected chi connectivity index (χ3v) is 5.04. The predicted octanol–water partition coefficient (Wildman–Crippen LogP) is 4.21. The Hall–Kier alpha value is -4.18. The van der Waals surface area contributed by atoms with Crippen LogP contribution >= 0.6 is 0 Å². The Kier molecular flexibility index (Phi) is 6.42. The Labute approximate surface area is 183 Å². The average Bonchev–Trinajstić information content (AvgIpc) is 3.48. The Balaban J connectivity index is 1.69. The first-order chi connectivity index (χ1) is 15.7. The molecular weight excluding hydrogens is 410 g/mol. The number of hydrogen-bond acceptors (Lipinski definition) is 8. The van der Waals surface area contributed by atoms with Crippen molar-refractivity contribution in [1.82, 2.24) is 35.2 Å². The van der Waals surface area contributed by atoms with Crippen LogP contribution < -0.4 is 10.1 Å². The lowest BCUT2D eigenvalue weighted by Crippen LogP contribution is -2.08. The van der Waals surface area contributed by atoms with Gasteiger partial charge in [0.2, 0.25) is 11.8 Å². The third kappa shape index (κ3) is 4.44. The van der Waals surface area contributed by atoms with Gasteiger partial charge in [-0.15, -0.1) is 10.2 Å². The van der Waals surface area contributed by atoms with E-state index in [1.807, 2.05) is 35.0 Å². The number of anilines is 1. The number of azide groups is 1.